The maximum absolute atomic E-state index is 2.69. The van der Waals surface area contributed by atoms with Crippen LogP contribution in [0.15, 0.2) is 121 Å². The second-order valence-electron chi connectivity index (χ2n) is 8.19. The lowest BCUT2D eigenvalue weighted by atomic mass is 10.0. The van der Waals surface area contributed by atoms with Gasteiger partial charge < -0.3 is 4.90 Å². The molecule has 1 aliphatic heterocycles. The number of likely N-dealkylation sites (tertiary alicyclic amines) is 1. The molecule has 31 heavy (non-hydrogen) atoms. The SMILES string of the molecule is c1ccc([C@H]2CC[C@H](c3ccccc3)N2CN(c2ccccc2)c2ccccc2)cc1. The Balaban J connectivity index is 1.55. The summed E-state index contributed by atoms with van der Waals surface area (Å²) in [6.07, 6.45) is 2.34. The molecular formula is C29H28N2. The number of anilines is 2. The molecule has 1 saturated heterocycles. The Kier molecular flexibility index (Phi) is 5.81. The van der Waals surface area contributed by atoms with Gasteiger partial charge in [-0.05, 0) is 48.2 Å². The first-order valence-electron chi connectivity index (χ1n) is 11.1. The minimum atomic E-state index is 0.404. The topological polar surface area (TPSA) is 6.48 Å². The van der Waals surface area contributed by atoms with Gasteiger partial charge in [0.2, 0.25) is 0 Å². The maximum Gasteiger partial charge on any atom is 0.0766 e. The van der Waals surface area contributed by atoms with Crippen LogP contribution in [0.2, 0.25) is 0 Å². The van der Waals surface area contributed by atoms with Crippen LogP contribution in [0.3, 0.4) is 0 Å². The highest BCUT2D eigenvalue weighted by Crippen LogP contribution is 2.44. The highest BCUT2D eigenvalue weighted by atomic mass is 15.4. The smallest absolute Gasteiger partial charge is 0.0766 e. The van der Waals surface area contributed by atoms with Gasteiger partial charge in [0.05, 0.1) is 6.67 Å². The lowest BCUT2D eigenvalue weighted by Crippen LogP contribution is -2.36. The minimum Gasteiger partial charge on any atom is -0.328 e. The maximum atomic E-state index is 2.69. The molecule has 0 amide bonds. The quantitative estimate of drug-likeness (QED) is 0.331. The highest BCUT2D eigenvalue weighted by molar-refractivity contribution is 5.62. The van der Waals surface area contributed by atoms with Crippen molar-refractivity contribution in [3.8, 4) is 0 Å². The van der Waals surface area contributed by atoms with Gasteiger partial charge in [0.1, 0.15) is 0 Å². The van der Waals surface area contributed by atoms with Crippen LogP contribution < -0.4 is 4.90 Å². The van der Waals surface area contributed by atoms with Crippen LogP contribution in [0.4, 0.5) is 11.4 Å². The number of hydrogen-bond donors (Lipinski definition) is 0. The van der Waals surface area contributed by atoms with Gasteiger partial charge in [-0.3, -0.25) is 4.90 Å². The van der Waals surface area contributed by atoms with E-state index in [4.69, 9.17) is 0 Å². The zero-order valence-corrected chi connectivity index (χ0v) is 17.7. The molecule has 0 bridgehead atoms. The zero-order valence-electron chi connectivity index (χ0n) is 17.7. The molecule has 0 aromatic heterocycles. The van der Waals surface area contributed by atoms with E-state index in [-0.39, 0.29) is 0 Å². The van der Waals surface area contributed by atoms with Crippen molar-refractivity contribution >= 4 is 11.4 Å². The summed E-state index contributed by atoms with van der Waals surface area (Å²) >= 11 is 0. The monoisotopic (exact) mass is 404 g/mol. The van der Waals surface area contributed by atoms with Crippen molar-refractivity contribution in [2.45, 2.75) is 24.9 Å². The van der Waals surface area contributed by atoms with Gasteiger partial charge in [-0.25, -0.2) is 0 Å². The summed E-state index contributed by atoms with van der Waals surface area (Å²) in [5.74, 6) is 0. The molecule has 0 aliphatic carbocycles. The van der Waals surface area contributed by atoms with E-state index in [9.17, 15) is 0 Å². The number of nitrogens with zero attached hydrogens (tertiary/aromatic N) is 2. The minimum absolute atomic E-state index is 0.404. The first-order valence-corrected chi connectivity index (χ1v) is 11.1. The fraction of sp³-hybridized carbons (Fsp3) is 0.172. The molecular weight excluding hydrogens is 376 g/mol. The highest BCUT2D eigenvalue weighted by Gasteiger charge is 2.36. The predicted octanol–water partition coefficient (Wildman–Crippen LogP) is 7.36. The van der Waals surface area contributed by atoms with Crippen molar-refractivity contribution in [2.24, 2.45) is 0 Å². The molecule has 2 heteroatoms. The van der Waals surface area contributed by atoms with Gasteiger partial charge in [-0.1, -0.05) is 97.1 Å². The van der Waals surface area contributed by atoms with Crippen molar-refractivity contribution in [3.05, 3.63) is 132 Å². The fourth-order valence-corrected chi connectivity index (χ4v) is 4.82. The van der Waals surface area contributed by atoms with E-state index in [1.165, 1.54) is 35.3 Å². The largest absolute Gasteiger partial charge is 0.328 e. The Labute approximate surface area is 185 Å². The average Bonchev–Trinajstić information content (AvgIpc) is 3.28. The van der Waals surface area contributed by atoms with E-state index in [1.54, 1.807) is 0 Å². The fourth-order valence-electron chi connectivity index (χ4n) is 4.82. The molecule has 4 aromatic carbocycles. The Bertz CT molecular complexity index is 978. The van der Waals surface area contributed by atoms with Crippen molar-refractivity contribution < 1.29 is 0 Å². The van der Waals surface area contributed by atoms with E-state index < -0.39 is 0 Å². The van der Waals surface area contributed by atoms with Crippen LogP contribution >= 0.6 is 0 Å². The van der Waals surface area contributed by atoms with Gasteiger partial charge in [0.15, 0.2) is 0 Å². The molecule has 1 fully saturated rings. The van der Waals surface area contributed by atoms with Crippen LogP contribution in [0.5, 0.6) is 0 Å². The van der Waals surface area contributed by atoms with Crippen molar-refractivity contribution in [1.82, 2.24) is 4.90 Å². The van der Waals surface area contributed by atoms with Gasteiger partial charge in [0, 0.05) is 23.5 Å². The van der Waals surface area contributed by atoms with E-state index in [0.29, 0.717) is 12.1 Å². The Morgan fingerprint density at radius 3 is 1.26 bits per heavy atom. The molecule has 2 nitrogen and oxygen atoms in total. The Morgan fingerprint density at radius 2 is 0.871 bits per heavy atom. The van der Waals surface area contributed by atoms with Crippen LogP contribution in [0.1, 0.15) is 36.1 Å². The van der Waals surface area contributed by atoms with Crippen LogP contribution in [0, 0.1) is 0 Å². The average molecular weight is 405 g/mol. The number of rotatable bonds is 6. The molecule has 2 atom stereocenters. The van der Waals surface area contributed by atoms with Crippen molar-refractivity contribution in [1.29, 1.82) is 0 Å². The second-order valence-corrected chi connectivity index (χ2v) is 8.19. The van der Waals surface area contributed by atoms with Crippen LogP contribution in [-0.2, 0) is 0 Å². The van der Waals surface area contributed by atoms with Gasteiger partial charge >= 0.3 is 0 Å². The third kappa shape index (κ3) is 4.26. The number of benzene rings is 4. The first kappa shape index (κ1) is 19.6. The summed E-state index contributed by atoms with van der Waals surface area (Å²) in [4.78, 5) is 5.13. The number of para-hydroxylation sites is 2. The third-order valence-corrected chi connectivity index (χ3v) is 6.32. The summed E-state index contributed by atoms with van der Waals surface area (Å²) < 4.78 is 0. The van der Waals surface area contributed by atoms with Gasteiger partial charge in [-0.15, -0.1) is 0 Å². The van der Waals surface area contributed by atoms with Gasteiger partial charge in [-0.2, -0.15) is 0 Å². The molecule has 0 N–H and O–H groups in total. The molecule has 0 spiro atoms. The molecule has 0 unspecified atom stereocenters. The molecule has 0 radical (unpaired) electrons. The summed E-state index contributed by atoms with van der Waals surface area (Å²) in [5.41, 5.74) is 5.25. The summed E-state index contributed by atoms with van der Waals surface area (Å²) in [6, 6.07) is 44.3. The van der Waals surface area contributed by atoms with E-state index >= 15 is 0 Å². The second kappa shape index (κ2) is 9.20. The van der Waals surface area contributed by atoms with Crippen LogP contribution in [0.25, 0.3) is 0 Å². The third-order valence-electron chi connectivity index (χ3n) is 6.32. The summed E-state index contributed by atoms with van der Waals surface area (Å²) in [7, 11) is 0. The summed E-state index contributed by atoms with van der Waals surface area (Å²) in [6.45, 7) is 0.840. The molecule has 1 heterocycles. The van der Waals surface area contributed by atoms with E-state index in [2.05, 4.69) is 131 Å². The first-order chi connectivity index (χ1) is 15.4. The van der Waals surface area contributed by atoms with E-state index in [0.717, 1.165) is 6.67 Å². The molecule has 154 valence electrons. The number of hydrogen-bond acceptors (Lipinski definition) is 2. The van der Waals surface area contributed by atoms with Crippen molar-refractivity contribution in [2.75, 3.05) is 11.6 Å². The zero-order chi connectivity index (χ0) is 20.9. The standard InChI is InChI=1S/C29H28N2/c1-5-13-24(14-6-1)28-21-22-29(25-15-7-2-8-16-25)31(28)23-30(26-17-9-3-10-18-26)27-19-11-4-12-20-27/h1-20,28-29H,21-23H2/t28-,29-/m1/s1. The predicted molar refractivity (Wildman–Crippen MR) is 129 cm³/mol. The lowest BCUT2D eigenvalue weighted by molar-refractivity contribution is 0.200. The normalized spacial score (nSPS) is 18.7. The van der Waals surface area contributed by atoms with E-state index in [1.807, 2.05) is 0 Å². The molecule has 0 saturated carbocycles. The molecule has 4 aromatic rings. The Hall–Kier alpha value is -3.36. The summed E-state index contributed by atoms with van der Waals surface area (Å²) in [5, 5.41) is 0. The van der Waals surface area contributed by atoms with Crippen LogP contribution in [-0.4, -0.2) is 11.6 Å². The van der Waals surface area contributed by atoms with Gasteiger partial charge in [0.25, 0.3) is 0 Å². The Morgan fingerprint density at radius 1 is 0.516 bits per heavy atom. The lowest BCUT2D eigenvalue weighted by Gasteiger charge is -2.37. The molecule has 5 rings (SSSR count). The van der Waals surface area contributed by atoms with Crippen molar-refractivity contribution in [3.63, 3.8) is 0 Å². The molecule has 1 aliphatic rings.